The molecule has 0 unspecified atom stereocenters. The van der Waals surface area contributed by atoms with E-state index < -0.39 is 5.54 Å². The highest BCUT2D eigenvalue weighted by Crippen LogP contribution is 2.37. The van der Waals surface area contributed by atoms with Crippen LogP contribution < -0.4 is 4.90 Å². The zero-order valence-corrected chi connectivity index (χ0v) is 22.6. The summed E-state index contributed by atoms with van der Waals surface area (Å²) in [5.41, 5.74) is 1.85. The van der Waals surface area contributed by atoms with Crippen LogP contribution in [-0.4, -0.2) is 39.6 Å². The summed E-state index contributed by atoms with van der Waals surface area (Å²) in [5.74, 6) is 0.892. The van der Waals surface area contributed by atoms with Crippen molar-refractivity contribution in [1.82, 2.24) is 9.88 Å². The van der Waals surface area contributed by atoms with Crippen molar-refractivity contribution in [2.24, 2.45) is 0 Å². The monoisotopic (exact) mass is 540 g/mol. The van der Waals surface area contributed by atoms with Gasteiger partial charge in [-0.2, -0.15) is 5.26 Å². The molecule has 186 valence electrons. The van der Waals surface area contributed by atoms with E-state index in [0.29, 0.717) is 51.5 Å². The summed E-state index contributed by atoms with van der Waals surface area (Å²) >= 11 is 18.3. The Labute approximate surface area is 226 Å². The van der Waals surface area contributed by atoms with Gasteiger partial charge in [-0.1, -0.05) is 29.3 Å². The number of nitrogens with zero attached hydrogens (tertiary/aromatic N) is 4. The predicted octanol–water partition coefficient (Wildman–Crippen LogP) is 6.31. The van der Waals surface area contributed by atoms with Crippen LogP contribution in [0.4, 0.5) is 5.69 Å². The first-order valence-corrected chi connectivity index (χ1v) is 12.8. The topological polar surface area (TPSA) is 69.5 Å². The third-order valence-corrected chi connectivity index (χ3v) is 7.81. The van der Waals surface area contributed by atoms with Crippen LogP contribution in [0.25, 0.3) is 0 Å². The van der Waals surface area contributed by atoms with Gasteiger partial charge in [0, 0.05) is 24.9 Å². The average Bonchev–Trinajstić information content (AvgIpc) is 3.03. The van der Waals surface area contributed by atoms with E-state index in [-0.39, 0.29) is 11.8 Å². The molecule has 1 aromatic heterocycles. The van der Waals surface area contributed by atoms with E-state index in [1.807, 2.05) is 30.9 Å². The summed E-state index contributed by atoms with van der Waals surface area (Å²) in [5, 5.41) is 10.7. The van der Waals surface area contributed by atoms with Gasteiger partial charge >= 0.3 is 0 Å². The fourth-order valence-electron chi connectivity index (χ4n) is 4.46. The van der Waals surface area contributed by atoms with Crippen LogP contribution >= 0.6 is 35.4 Å². The van der Waals surface area contributed by atoms with Gasteiger partial charge in [0.1, 0.15) is 17.4 Å². The van der Waals surface area contributed by atoms with Gasteiger partial charge in [-0.15, -0.1) is 0 Å². The number of halogens is 2. The maximum atomic E-state index is 13.3. The van der Waals surface area contributed by atoms with E-state index in [0.717, 1.165) is 17.7 Å². The molecule has 2 aromatic rings. The number of carbonyl (C=O) groups is 1. The number of ether oxygens (including phenoxy) is 1. The van der Waals surface area contributed by atoms with Gasteiger partial charge in [-0.25, -0.2) is 0 Å². The highest BCUT2D eigenvalue weighted by Gasteiger charge is 2.49. The van der Waals surface area contributed by atoms with Crippen molar-refractivity contribution in [2.45, 2.75) is 45.1 Å². The third kappa shape index (κ3) is 4.86. The fraction of sp³-hybridized carbons (Fsp3) is 0.333. The number of rotatable bonds is 7. The Morgan fingerprint density at radius 2 is 2.08 bits per heavy atom. The fourth-order valence-corrected chi connectivity index (χ4v) is 5.43. The molecule has 0 N–H and O–H groups in total. The van der Waals surface area contributed by atoms with E-state index in [9.17, 15) is 10.1 Å². The number of thiocarbonyl (C=S) groups is 1. The number of hydrogen-bond donors (Lipinski definition) is 0. The van der Waals surface area contributed by atoms with E-state index in [1.54, 1.807) is 31.5 Å². The molecule has 1 amide bonds. The largest absolute Gasteiger partial charge is 0.494 e. The molecule has 6 nitrogen and oxygen atoms in total. The molecule has 1 aromatic carbocycles. The van der Waals surface area contributed by atoms with Crippen molar-refractivity contribution in [3.63, 3.8) is 0 Å². The van der Waals surface area contributed by atoms with Crippen molar-refractivity contribution in [2.75, 3.05) is 18.1 Å². The molecule has 1 aliphatic heterocycles. The van der Waals surface area contributed by atoms with E-state index in [1.165, 1.54) is 4.90 Å². The third-order valence-electron chi connectivity index (χ3n) is 6.61. The summed E-state index contributed by atoms with van der Waals surface area (Å²) < 4.78 is 5.97. The Balaban J connectivity index is 1.36. The minimum atomic E-state index is -0.815. The Hall–Kier alpha value is -2.92. The molecule has 0 spiro atoms. The molecule has 2 heterocycles. The second-order valence-corrected chi connectivity index (χ2v) is 10.4. The van der Waals surface area contributed by atoms with Gasteiger partial charge in [0.05, 0.1) is 27.9 Å². The van der Waals surface area contributed by atoms with Crippen molar-refractivity contribution >= 4 is 52.1 Å². The molecule has 9 heteroatoms. The van der Waals surface area contributed by atoms with Gasteiger partial charge in [-0.05, 0) is 87.3 Å². The molecule has 1 atom stereocenters. The standard InChI is InChI=1S/C27H26Cl2N4O2S/c1-17-23(10-7-19(15-30)24(17)29)33-25(34)27(2,3)32(26(33)36)13-4-14-35-20-8-5-18(6-9-20)21-11-12-31-16-22(21)28/h5,7-12,16,18H,4,6,13-14H2,1-3H3/t18-/m1/s1. The van der Waals surface area contributed by atoms with Crippen LogP contribution in [0, 0.1) is 18.3 Å². The molecule has 1 aliphatic carbocycles. The first-order valence-electron chi connectivity index (χ1n) is 11.6. The number of allylic oxidation sites excluding steroid dienone is 3. The number of carbonyl (C=O) groups excluding carboxylic acids is 1. The van der Waals surface area contributed by atoms with Gasteiger partial charge < -0.3 is 9.64 Å². The molecule has 0 radical (unpaired) electrons. The average molecular weight is 542 g/mol. The summed E-state index contributed by atoms with van der Waals surface area (Å²) in [6.07, 6.45) is 11.0. The van der Waals surface area contributed by atoms with Crippen LogP contribution in [0.2, 0.25) is 10.0 Å². The second-order valence-electron chi connectivity index (χ2n) is 9.22. The molecule has 2 aliphatic rings. The minimum absolute atomic E-state index is 0.129. The Kier molecular flexibility index (Phi) is 7.70. The lowest BCUT2D eigenvalue weighted by atomic mass is 9.93. The van der Waals surface area contributed by atoms with Crippen LogP contribution in [0.15, 0.2) is 54.6 Å². The minimum Gasteiger partial charge on any atom is -0.494 e. The maximum absolute atomic E-state index is 13.3. The number of benzene rings is 1. The zero-order valence-electron chi connectivity index (χ0n) is 20.3. The van der Waals surface area contributed by atoms with Crippen LogP contribution in [0.5, 0.6) is 0 Å². The van der Waals surface area contributed by atoms with E-state index in [2.05, 4.69) is 23.2 Å². The van der Waals surface area contributed by atoms with Crippen LogP contribution in [-0.2, 0) is 9.53 Å². The molecule has 0 bridgehead atoms. The van der Waals surface area contributed by atoms with E-state index in [4.69, 9.17) is 40.2 Å². The summed E-state index contributed by atoms with van der Waals surface area (Å²) in [4.78, 5) is 20.8. The van der Waals surface area contributed by atoms with Gasteiger partial charge in [0.15, 0.2) is 5.11 Å². The van der Waals surface area contributed by atoms with Crippen molar-refractivity contribution < 1.29 is 9.53 Å². The number of pyridine rings is 1. The van der Waals surface area contributed by atoms with Gasteiger partial charge in [0.2, 0.25) is 0 Å². The molecular formula is C27H26Cl2N4O2S. The van der Waals surface area contributed by atoms with Gasteiger partial charge in [0.25, 0.3) is 5.91 Å². The second kappa shape index (κ2) is 10.6. The Morgan fingerprint density at radius 3 is 2.75 bits per heavy atom. The maximum Gasteiger partial charge on any atom is 0.258 e. The number of aromatic nitrogens is 1. The molecule has 0 saturated carbocycles. The smallest absolute Gasteiger partial charge is 0.258 e. The van der Waals surface area contributed by atoms with Crippen molar-refractivity contribution in [1.29, 1.82) is 5.26 Å². The SMILES string of the molecule is Cc1c(N2C(=O)C(C)(C)N(CCCOC3=CC[C@H](c4ccncc4Cl)C=C3)C2=S)ccc(C#N)c1Cl. The first-order chi connectivity index (χ1) is 17.2. The molecule has 1 fully saturated rings. The zero-order chi connectivity index (χ0) is 26.0. The number of amides is 1. The normalized spacial score (nSPS) is 18.9. The highest BCUT2D eigenvalue weighted by atomic mass is 35.5. The lowest BCUT2D eigenvalue weighted by Crippen LogP contribution is -2.44. The van der Waals surface area contributed by atoms with Crippen LogP contribution in [0.1, 0.15) is 49.3 Å². The van der Waals surface area contributed by atoms with Crippen LogP contribution in [0.3, 0.4) is 0 Å². The summed E-state index contributed by atoms with van der Waals surface area (Å²) in [6, 6.07) is 7.34. The molecule has 1 saturated heterocycles. The lowest BCUT2D eigenvalue weighted by molar-refractivity contribution is -0.123. The lowest BCUT2D eigenvalue weighted by Gasteiger charge is -2.29. The van der Waals surface area contributed by atoms with Gasteiger partial charge in [-0.3, -0.25) is 14.7 Å². The summed E-state index contributed by atoms with van der Waals surface area (Å²) in [7, 11) is 0. The number of hydrogen-bond acceptors (Lipinski definition) is 5. The highest BCUT2D eigenvalue weighted by molar-refractivity contribution is 7.80. The predicted molar refractivity (Wildman–Crippen MR) is 146 cm³/mol. The Bertz CT molecular complexity index is 1320. The van der Waals surface area contributed by atoms with Crippen molar-refractivity contribution in [3.05, 3.63) is 81.3 Å². The number of nitriles is 1. The number of anilines is 1. The molecular weight excluding hydrogens is 515 g/mol. The quantitative estimate of drug-likeness (QED) is 0.302. The Morgan fingerprint density at radius 1 is 1.31 bits per heavy atom. The molecule has 4 rings (SSSR count). The first kappa shape index (κ1) is 26.2. The molecule has 36 heavy (non-hydrogen) atoms. The van der Waals surface area contributed by atoms with E-state index >= 15 is 0 Å². The summed E-state index contributed by atoms with van der Waals surface area (Å²) in [6.45, 7) is 6.56. The van der Waals surface area contributed by atoms with Crippen molar-refractivity contribution in [3.8, 4) is 6.07 Å².